The van der Waals surface area contributed by atoms with E-state index in [1.54, 1.807) is 0 Å². The maximum absolute atomic E-state index is 11.7. The predicted molar refractivity (Wildman–Crippen MR) is 48.1 cm³/mol. The fraction of sp³-hybridized carbons (Fsp3) is 0.889. The molecule has 13 heavy (non-hydrogen) atoms. The Hall–Kier alpha value is -0.610. The van der Waals surface area contributed by atoms with E-state index in [1.807, 2.05) is 6.92 Å². The molecule has 1 atom stereocenters. The van der Waals surface area contributed by atoms with Gasteiger partial charge in [0.1, 0.15) is 0 Å². The van der Waals surface area contributed by atoms with Crippen LogP contribution in [-0.2, 0) is 9.53 Å². The van der Waals surface area contributed by atoms with Gasteiger partial charge < -0.3 is 15.8 Å². The van der Waals surface area contributed by atoms with Gasteiger partial charge in [-0.3, -0.25) is 4.79 Å². The van der Waals surface area contributed by atoms with Crippen molar-refractivity contribution in [2.75, 3.05) is 13.2 Å². The van der Waals surface area contributed by atoms with Crippen molar-refractivity contribution in [3.8, 4) is 0 Å². The van der Waals surface area contributed by atoms with Gasteiger partial charge >= 0.3 is 0 Å². The van der Waals surface area contributed by atoms with Crippen LogP contribution in [0.4, 0.5) is 0 Å². The Morgan fingerprint density at radius 1 is 1.54 bits per heavy atom. The van der Waals surface area contributed by atoms with Gasteiger partial charge in [-0.05, 0) is 25.7 Å². The fourth-order valence-corrected chi connectivity index (χ4v) is 1.53. The van der Waals surface area contributed by atoms with Crippen molar-refractivity contribution in [1.29, 1.82) is 0 Å². The third-order valence-electron chi connectivity index (χ3n) is 2.89. The number of carbonyl (C=O) groups is 1. The second-order valence-electron chi connectivity index (χ2n) is 4.26. The standard InChI is InChI=1S/C9H16N2O2/c1-9(10,6-2-3-6)8(12)11-7-4-13-5-7/h6-7H,2-5,10H2,1H3,(H,11,12). The molecule has 1 saturated carbocycles. The molecule has 1 heterocycles. The monoisotopic (exact) mass is 184 g/mol. The van der Waals surface area contributed by atoms with Gasteiger partial charge in [-0.25, -0.2) is 0 Å². The Bertz CT molecular complexity index is 220. The Kier molecular flexibility index (Phi) is 2.04. The summed E-state index contributed by atoms with van der Waals surface area (Å²) in [6.07, 6.45) is 2.17. The highest BCUT2D eigenvalue weighted by Gasteiger charge is 2.44. The number of hydrogen-bond acceptors (Lipinski definition) is 3. The van der Waals surface area contributed by atoms with Crippen LogP contribution in [0, 0.1) is 5.92 Å². The summed E-state index contributed by atoms with van der Waals surface area (Å²) < 4.78 is 4.97. The van der Waals surface area contributed by atoms with Crippen LogP contribution in [0.25, 0.3) is 0 Å². The fourth-order valence-electron chi connectivity index (χ4n) is 1.53. The summed E-state index contributed by atoms with van der Waals surface area (Å²) in [5.41, 5.74) is 5.27. The van der Waals surface area contributed by atoms with Gasteiger partial charge in [0.2, 0.25) is 5.91 Å². The Balaban J connectivity index is 1.86. The molecule has 0 bridgehead atoms. The highest BCUT2D eigenvalue weighted by Crippen LogP contribution is 2.38. The largest absolute Gasteiger partial charge is 0.377 e. The highest BCUT2D eigenvalue weighted by atomic mass is 16.5. The van der Waals surface area contributed by atoms with Crippen molar-refractivity contribution < 1.29 is 9.53 Å². The Labute approximate surface area is 77.8 Å². The van der Waals surface area contributed by atoms with Crippen molar-refractivity contribution in [2.45, 2.75) is 31.3 Å². The van der Waals surface area contributed by atoms with Gasteiger partial charge in [-0.15, -0.1) is 0 Å². The van der Waals surface area contributed by atoms with Crippen LogP contribution in [0.1, 0.15) is 19.8 Å². The van der Waals surface area contributed by atoms with Gasteiger partial charge in [0.15, 0.2) is 0 Å². The quantitative estimate of drug-likeness (QED) is 0.629. The minimum absolute atomic E-state index is 0.0247. The maximum atomic E-state index is 11.7. The van der Waals surface area contributed by atoms with Gasteiger partial charge in [-0.2, -0.15) is 0 Å². The van der Waals surface area contributed by atoms with E-state index in [-0.39, 0.29) is 11.9 Å². The first-order chi connectivity index (χ1) is 6.10. The van der Waals surface area contributed by atoms with Crippen LogP contribution >= 0.6 is 0 Å². The van der Waals surface area contributed by atoms with Crippen molar-refractivity contribution >= 4 is 5.91 Å². The molecule has 3 N–H and O–H groups in total. The van der Waals surface area contributed by atoms with E-state index in [4.69, 9.17) is 10.5 Å². The second kappa shape index (κ2) is 2.96. The molecule has 1 saturated heterocycles. The molecule has 1 aliphatic carbocycles. The average molecular weight is 184 g/mol. The molecule has 1 unspecified atom stereocenters. The lowest BCUT2D eigenvalue weighted by Gasteiger charge is -2.31. The molecule has 0 aromatic carbocycles. The molecule has 2 fully saturated rings. The van der Waals surface area contributed by atoms with E-state index >= 15 is 0 Å². The smallest absolute Gasteiger partial charge is 0.240 e. The van der Waals surface area contributed by atoms with Crippen LogP contribution in [0.15, 0.2) is 0 Å². The number of amides is 1. The van der Waals surface area contributed by atoms with Crippen molar-refractivity contribution in [2.24, 2.45) is 11.7 Å². The Morgan fingerprint density at radius 2 is 2.15 bits per heavy atom. The summed E-state index contributed by atoms with van der Waals surface area (Å²) in [5, 5.41) is 2.89. The van der Waals surface area contributed by atoms with Crippen molar-refractivity contribution in [3.63, 3.8) is 0 Å². The van der Waals surface area contributed by atoms with Crippen molar-refractivity contribution in [1.82, 2.24) is 5.32 Å². The minimum Gasteiger partial charge on any atom is -0.377 e. The van der Waals surface area contributed by atoms with Gasteiger partial charge in [-0.1, -0.05) is 0 Å². The first-order valence-corrected chi connectivity index (χ1v) is 4.78. The molecule has 2 aliphatic rings. The third-order valence-corrected chi connectivity index (χ3v) is 2.89. The van der Waals surface area contributed by atoms with Gasteiger partial charge in [0.25, 0.3) is 0 Å². The van der Waals surface area contributed by atoms with E-state index in [0.29, 0.717) is 19.1 Å². The molecule has 74 valence electrons. The summed E-state index contributed by atoms with van der Waals surface area (Å²) in [5.74, 6) is 0.358. The SMILES string of the molecule is CC(N)(C(=O)NC1COC1)C1CC1. The van der Waals surface area contributed by atoms with E-state index in [0.717, 1.165) is 12.8 Å². The van der Waals surface area contributed by atoms with E-state index in [1.165, 1.54) is 0 Å². The van der Waals surface area contributed by atoms with Crippen LogP contribution in [0.3, 0.4) is 0 Å². The van der Waals surface area contributed by atoms with E-state index in [9.17, 15) is 4.79 Å². The lowest BCUT2D eigenvalue weighted by atomic mass is 9.95. The molecular formula is C9H16N2O2. The van der Waals surface area contributed by atoms with Gasteiger partial charge in [0, 0.05) is 0 Å². The highest BCUT2D eigenvalue weighted by molar-refractivity contribution is 5.86. The first kappa shape index (κ1) is 8.97. The number of carbonyl (C=O) groups excluding carboxylic acids is 1. The molecule has 1 aliphatic heterocycles. The molecular weight excluding hydrogens is 168 g/mol. The molecule has 1 amide bonds. The Morgan fingerprint density at radius 3 is 2.54 bits per heavy atom. The molecule has 2 rings (SSSR count). The molecule has 4 nitrogen and oxygen atoms in total. The molecule has 0 radical (unpaired) electrons. The third kappa shape index (κ3) is 1.69. The number of ether oxygens (including phenoxy) is 1. The topological polar surface area (TPSA) is 64.4 Å². The second-order valence-corrected chi connectivity index (χ2v) is 4.26. The molecule has 0 spiro atoms. The summed E-state index contributed by atoms with van der Waals surface area (Å²) >= 11 is 0. The lowest BCUT2D eigenvalue weighted by Crippen LogP contribution is -2.59. The summed E-state index contributed by atoms with van der Waals surface area (Å²) in [6.45, 7) is 3.08. The van der Waals surface area contributed by atoms with Crippen LogP contribution in [0.5, 0.6) is 0 Å². The van der Waals surface area contributed by atoms with Crippen molar-refractivity contribution in [3.05, 3.63) is 0 Å². The maximum Gasteiger partial charge on any atom is 0.240 e. The molecule has 0 aromatic rings. The van der Waals surface area contributed by atoms with E-state index in [2.05, 4.69) is 5.32 Å². The number of nitrogens with one attached hydrogen (secondary N) is 1. The predicted octanol–water partition coefficient (Wildman–Crippen LogP) is -0.371. The zero-order chi connectivity index (χ0) is 9.47. The number of rotatable bonds is 3. The summed E-state index contributed by atoms with van der Waals surface area (Å²) in [4.78, 5) is 11.7. The van der Waals surface area contributed by atoms with Crippen LogP contribution in [0.2, 0.25) is 0 Å². The number of hydrogen-bond donors (Lipinski definition) is 2. The average Bonchev–Trinajstić information content (AvgIpc) is 2.77. The molecule has 4 heteroatoms. The summed E-state index contributed by atoms with van der Waals surface area (Å²) in [6, 6.07) is 0.189. The van der Waals surface area contributed by atoms with Gasteiger partial charge in [0.05, 0.1) is 24.8 Å². The number of nitrogens with two attached hydrogens (primary N) is 1. The lowest BCUT2D eigenvalue weighted by molar-refractivity contribution is -0.130. The zero-order valence-electron chi connectivity index (χ0n) is 7.88. The van der Waals surface area contributed by atoms with Crippen LogP contribution < -0.4 is 11.1 Å². The normalized spacial score (nSPS) is 27.5. The van der Waals surface area contributed by atoms with E-state index < -0.39 is 5.54 Å². The minimum atomic E-state index is -0.671. The molecule has 0 aromatic heterocycles. The first-order valence-electron chi connectivity index (χ1n) is 4.78. The summed E-state index contributed by atoms with van der Waals surface area (Å²) in [7, 11) is 0. The van der Waals surface area contributed by atoms with Crippen LogP contribution in [-0.4, -0.2) is 30.7 Å². The zero-order valence-corrected chi connectivity index (χ0v) is 7.88.